The molecule has 2 aliphatic heterocycles. The number of likely N-dealkylation sites (N-methyl/N-ethyl adjacent to an activating group) is 1. The van der Waals surface area contributed by atoms with Crippen molar-refractivity contribution in [3.05, 3.63) is 29.6 Å². The molecule has 1 amide bonds. The van der Waals surface area contributed by atoms with E-state index in [0.29, 0.717) is 11.3 Å². The molecule has 2 heterocycles. The maximum Gasteiger partial charge on any atom is 0.253 e. The van der Waals surface area contributed by atoms with Crippen molar-refractivity contribution in [1.29, 1.82) is 0 Å². The molecule has 3 rings (SSSR count). The Morgan fingerprint density at radius 2 is 1.92 bits per heavy atom. The first-order chi connectivity index (χ1) is 12.1. The molecule has 0 bridgehead atoms. The second kappa shape index (κ2) is 8.15. The first kappa shape index (κ1) is 18.1. The lowest BCUT2D eigenvalue weighted by molar-refractivity contribution is 0.0703. The van der Waals surface area contributed by atoms with Gasteiger partial charge in [0, 0.05) is 44.8 Å². The zero-order valence-electron chi connectivity index (χ0n) is 15.3. The smallest absolute Gasteiger partial charge is 0.253 e. The Morgan fingerprint density at radius 3 is 2.52 bits per heavy atom. The van der Waals surface area contributed by atoms with E-state index in [1.165, 1.54) is 6.07 Å². The second-order valence-electron chi connectivity index (χ2n) is 6.98. The number of hydrogen-bond acceptors (Lipinski definition) is 4. The fourth-order valence-corrected chi connectivity index (χ4v) is 3.76. The minimum Gasteiger partial charge on any atom is -0.367 e. The highest BCUT2D eigenvalue weighted by Gasteiger charge is 2.24. The predicted octanol–water partition coefficient (Wildman–Crippen LogP) is 1.79. The van der Waals surface area contributed by atoms with Crippen molar-refractivity contribution in [2.24, 2.45) is 0 Å². The van der Waals surface area contributed by atoms with Gasteiger partial charge in [0.25, 0.3) is 5.91 Å². The Balaban J connectivity index is 1.67. The van der Waals surface area contributed by atoms with Gasteiger partial charge in [-0.3, -0.25) is 4.79 Å². The molecule has 0 spiro atoms. The first-order valence-electron chi connectivity index (χ1n) is 9.35. The molecule has 0 aromatic heterocycles. The monoisotopic (exact) mass is 348 g/mol. The van der Waals surface area contributed by atoms with E-state index in [2.05, 4.69) is 22.0 Å². The summed E-state index contributed by atoms with van der Waals surface area (Å²) < 4.78 is 14.6. The van der Waals surface area contributed by atoms with Gasteiger partial charge in [0.15, 0.2) is 0 Å². The van der Waals surface area contributed by atoms with Gasteiger partial charge in [-0.05, 0) is 50.7 Å². The Hall–Kier alpha value is -1.66. The quantitative estimate of drug-likeness (QED) is 0.900. The lowest BCUT2D eigenvalue weighted by Crippen LogP contribution is -2.46. The summed E-state index contributed by atoms with van der Waals surface area (Å²) in [7, 11) is 1.83. The minimum atomic E-state index is -0.297. The van der Waals surface area contributed by atoms with Crippen LogP contribution in [0.5, 0.6) is 0 Å². The van der Waals surface area contributed by atoms with Crippen molar-refractivity contribution in [3.8, 4) is 0 Å². The van der Waals surface area contributed by atoms with Crippen LogP contribution in [-0.2, 0) is 0 Å². The van der Waals surface area contributed by atoms with Gasteiger partial charge >= 0.3 is 0 Å². The molecular weight excluding hydrogens is 319 g/mol. The molecule has 0 radical (unpaired) electrons. The van der Waals surface area contributed by atoms with Crippen molar-refractivity contribution in [3.63, 3.8) is 0 Å². The average Bonchev–Trinajstić information content (AvgIpc) is 2.67. The van der Waals surface area contributed by atoms with Gasteiger partial charge in [0.2, 0.25) is 0 Å². The third-order valence-electron chi connectivity index (χ3n) is 5.53. The predicted molar refractivity (Wildman–Crippen MR) is 98.7 cm³/mol. The lowest BCUT2D eigenvalue weighted by Gasteiger charge is -2.35. The SMILES string of the molecule is CCN1CCN(c2ccc(C(=O)N(C)C3CCNCC3)cc2F)CC1. The number of anilines is 1. The van der Waals surface area contributed by atoms with Crippen molar-refractivity contribution in [2.75, 3.05) is 57.8 Å². The number of carbonyl (C=O) groups excluding carboxylic acids is 1. The number of nitrogens with zero attached hydrogens (tertiary/aromatic N) is 3. The molecule has 1 N–H and O–H groups in total. The summed E-state index contributed by atoms with van der Waals surface area (Å²) in [6.45, 7) is 8.60. The summed E-state index contributed by atoms with van der Waals surface area (Å²) in [6, 6.07) is 5.17. The molecule has 0 unspecified atom stereocenters. The van der Waals surface area contributed by atoms with Crippen LogP contribution in [0.2, 0.25) is 0 Å². The van der Waals surface area contributed by atoms with Gasteiger partial charge in [-0.1, -0.05) is 6.92 Å². The summed E-state index contributed by atoms with van der Waals surface area (Å²) in [5, 5.41) is 3.30. The normalized spacial score (nSPS) is 19.9. The molecule has 2 fully saturated rings. The standard InChI is InChI=1S/C19H29FN4O/c1-3-23-10-12-24(13-11-23)18-5-4-15(14-17(18)20)19(25)22(2)16-6-8-21-9-7-16/h4-5,14,16,21H,3,6-13H2,1-2H3. The number of hydrogen-bond donors (Lipinski definition) is 1. The molecule has 5 nitrogen and oxygen atoms in total. The van der Waals surface area contributed by atoms with E-state index < -0.39 is 0 Å². The summed E-state index contributed by atoms with van der Waals surface area (Å²) in [5.74, 6) is -0.386. The molecule has 2 saturated heterocycles. The van der Waals surface area contributed by atoms with Crippen LogP contribution in [0.15, 0.2) is 18.2 Å². The first-order valence-corrected chi connectivity index (χ1v) is 9.35. The third-order valence-corrected chi connectivity index (χ3v) is 5.53. The van der Waals surface area contributed by atoms with Crippen molar-refractivity contribution in [2.45, 2.75) is 25.8 Å². The molecule has 0 atom stereocenters. The van der Waals surface area contributed by atoms with Crippen LogP contribution in [0.1, 0.15) is 30.1 Å². The van der Waals surface area contributed by atoms with E-state index in [-0.39, 0.29) is 17.8 Å². The van der Waals surface area contributed by atoms with Gasteiger partial charge in [-0.15, -0.1) is 0 Å². The van der Waals surface area contributed by atoms with E-state index in [1.807, 2.05) is 7.05 Å². The maximum atomic E-state index is 14.6. The van der Waals surface area contributed by atoms with Crippen molar-refractivity contribution < 1.29 is 9.18 Å². The number of nitrogens with one attached hydrogen (secondary N) is 1. The lowest BCUT2D eigenvalue weighted by atomic mass is 10.0. The van der Waals surface area contributed by atoms with Gasteiger partial charge in [-0.25, -0.2) is 4.39 Å². The highest BCUT2D eigenvalue weighted by molar-refractivity contribution is 5.94. The van der Waals surface area contributed by atoms with Crippen LogP contribution in [0.25, 0.3) is 0 Å². The molecule has 6 heteroatoms. The topological polar surface area (TPSA) is 38.8 Å². The van der Waals surface area contributed by atoms with Crippen LogP contribution >= 0.6 is 0 Å². The number of halogens is 1. The van der Waals surface area contributed by atoms with E-state index in [0.717, 1.165) is 58.7 Å². The van der Waals surface area contributed by atoms with Gasteiger partial charge in [-0.2, -0.15) is 0 Å². The number of amides is 1. The van der Waals surface area contributed by atoms with E-state index in [1.54, 1.807) is 17.0 Å². The number of benzene rings is 1. The fourth-order valence-electron chi connectivity index (χ4n) is 3.76. The summed E-state index contributed by atoms with van der Waals surface area (Å²) in [5.41, 5.74) is 1.05. The molecule has 2 aliphatic rings. The van der Waals surface area contributed by atoms with Gasteiger partial charge < -0.3 is 20.0 Å². The van der Waals surface area contributed by atoms with Crippen LogP contribution in [0.3, 0.4) is 0 Å². The van der Waals surface area contributed by atoms with E-state index in [4.69, 9.17) is 0 Å². The number of piperazine rings is 1. The highest BCUT2D eigenvalue weighted by atomic mass is 19.1. The molecular formula is C19H29FN4O. The largest absolute Gasteiger partial charge is 0.367 e. The molecule has 25 heavy (non-hydrogen) atoms. The summed E-state index contributed by atoms with van der Waals surface area (Å²) >= 11 is 0. The van der Waals surface area contributed by atoms with Crippen molar-refractivity contribution >= 4 is 11.6 Å². The van der Waals surface area contributed by atoms with E-state index >= 15 is 0 Å². The Labute approximate surface area is 149 Å². The number of piperidine rings is 1. The van der Waals surface area contributed by atoms with Crippen molar-refractivity contribution in [1.82, 2.24) is 15.1 Å². The number of rotatable bonds is 4. The summed E-state index contributed by atoms with van der Waals surface area (Å²) in [4.78, 5) is 18.9. The molecule has 1 aromatic carbocycles. The van der Waals surface area contributed by atoms with Crippen LogP contribution in [0.4, 0.5) is 10.1 Å². The van der Waals surface area contributed by atoms with Crippen LogP contribution < -0.4 is 10.2 Å². The second-order valence-corrected chi connectivity index (χ2v) is 6.98. The van der Waals surface area contributed by atoms with Crippen LogP contribution in [-0.4, -0.2) is 74.6 Å². The molecule has 0 aliphatic carbocycles. The molecule has 0 saturated carbocycles. The van der Waals surface area contributed by atoms with Gasteiger partial charge in [0.1, 0.15) is 5.82 Å². The summed E-state index contributed by atoms with van der Waals surface area (Å²) in [6.07, 6.45) is 1.90. The molecule has 1 aromatic rings. The van der Waals surface area contributed by atoms with Crippen LogP contribution in [0, 0.1) is 5.82 Å². The zero-order valence-corrected chi connectivity index (χ0v) is 15.3. The minimum absolute atomic E-state index is 0.0897. The fraction of sp³-hybridized carbons (Fsp3) is 0.632. The Kier molecular flexibility index (Phi) is 5.91. The Morgan fingerprint density at radius 1 is 1.24 bits per heavy atom. The van der Waals surface area contributed by atoms with E-state index in [9.17, 15) is 9.18 Å². The Bertz CT molecular complexity index is 595. The average molecular weight is 348 g/mol. The zero-order chi connectivity index (χ0) is 17.8. The maximum absolute atomic E-state index is 14.6. The highest BCUT2D eigenvalue weighted by Crippen LogP contribution is 2.23. The third kappa shape index (κ3) is 4.12. The number of carbonyl (C=O) groups is 1. The molecule has 138 valence electrons. The van der Waals surface area contributed by atoms with Gasteiger partial charge in [0.05, 0.1) is 5.69 Å².